The van der Waals surface area contributed by atoms with Crippen molar-refractivity contribution in [2.75, 3.05) is 5.32 Å². The summed E-state index contributed by atoms with van der Waals surface area (Å²) in [5.74, 6) is -0.576. The summed E-state index contributed by atoms with van der Waals surface area (Å²) in [6.07, 6.45) is 1.000. The predicted molar refractivity (Wildman–Crippen MR) is 164 cm³/mol. The number of nitrogens with one attached hydrogen (secondary N) is 2. The standard InChI is InChI=1S/C34H43N3O4/c1-8-23-13-15-25(16-14-23)30(31(38)35-27-18-17-24-11-9-10-12-26(24)20-27)37(28-19-22(28)4)32(39)29(21(2)3)36-33(40)41-34(5,6)7/h9-18,20-22,28-30H,8,19H2,1-7H3,(H,35,38)(H,36,40). The Morgan fingerprint density at radius 1 is 0.976 bits per heavy atom. The monoisotopic (exact) mass is 557 g/mol. The summed E-state index contributed by atoms with van der Waals surface area (Å²) in [4.78, 5) is 43.0. The third-order valence-corrected chi connectivity index (χ3v) is 7.53. The third kappa shape index (κ3) is 7.46. The smallest absolute Gasteiger partial charge is 0.408 e. The summed E-state index contributed by atoms with van der Waals surface area (Å²) in [5.41, 5.74) is 1.83. The zero-order valence-electron chi connectivity index (χ0n) is 25.2. The van der Waals surface area contributed by atoms with Crippen molar-refractivity contribution in [3.63, 3.8) is 0 Å². The normalized spacial score (nSPS) is 18.0. The number of hydrogen-bond donors (Lipinski definition) is 2. The molecule has 4 rings (SSSR count). The van der Waals surface area contributed by atoms with Crippen LogP contribution in [0.2, 0.25) is 0 Å². The van der Waals surface area contributed by atoms with Gasteiger partial charge in [-0.05, 0) is 79.5 Å². The van der Waals surface area contributed by atoms with Crippen LogP contribution in [0.25, 0.3) is 10.8 Å². The highest BCUT2D eigenvalue weighted by Gasteiger charge is 2.48. The molecule has 41 heavy (non-hydrogen) atoms. The molecule has 0 bridgehead atoms. The van der Waals surface area contributed by atoms with Crippen molar-refractivity contribution in [3.05, 3.63) is 77.9 Å². The van der Waals surface area contributed by atoms with Crippen molar-refractivity contribution in [2.45, 2.75) is 85.0 Å². The minimum absolute atomic E-state index is 0.123. The van der Waals surface area contributed by atoms with Crippen molar-refractivity contribution < 1.29 is 19.1 Å². The average Bonchev–Trinajstić information content (AvgIpc) is 3.64. The summed E-state index contributed by atoms with van der Waals surface area (Å²) < 4.78 is 5.48. The lowest BCUT2D eigenvalue weighted by Crippen LogP contribution is -2.55. The van der Waals surface area contributed by atoms with Crippen LogP contribution in [0.15, 0.2) is 66.7 Å². The molecule has 1 saturated carbocycles. The van der Waals surface area contributed by atoms with Gasteiger partial charge < -0.3 is 20.3 Å². The van der Waals surface area contributed by atoms with Gasteiger partial charge in [-0.15, -0.1) is 0 Å². The Morgan fingerprint density at radius 3 is 2.17 bits per heavy atom. The molecule has 218 valence electrons. The Morgan fingerprint density at radius 2 is 1.61 bits per heavy atom. The van der Waals surface area contributed by atoms with Crippen LogP contribution in [-0.2, 0) is 20.7 Å². The second-order valence-electron chi connectivity index (χ2n) is 12.4. The van der Waals surface area contributed by atoms with Crippen LogP contribution >= 0.6 is 0 Å². The average molecular weight is 558 g/mol. The summed E-state index contributed by atoms with van der Waals surface area (Å²) in [6, 6.07) is 19.8. The summed E-state index contributed by atoms with van der Waals surface area (Å²) >= 11 is 0. The molecular weight excluding hydrogens is 514 g/mol. The molecular formula is C34H43N3O4. The maximum atomic E-state index is 14.4. The lowest BCUT2D eigenvalue weighted by atomic mass is 9.97. The lowest BCUT2D eigenvalue weighted by Gasteiger charge is -2.36. The van der Waals surface area contributed by atoms with Crippen LogP contribution < -0.4 is 10.6 Å². The van der Waals surface area contributed by atoms with Gasteiger partial charge in [0.25, 0.3) is 5.91 Å². The maximum absolute atomic E-state index is 14.4. The van der Waals surface area contributed by atoms with E-state index in [1.807, 2.05) is 80.6 Å². The summed E-state index contributed by atoms with van der Waals surface area (Å²) in [7, 11) is 0. The van der Waals surface area contributed by atoms with Crippen LogP contribution in [0.1, 0.15) is 72.1 Å². The highest BCUT2D eigenvalue weighted by molar-refractivity contribution is 6.00. The molecule has 4 atom stereocenters. The van der Waals surface area contributed by atoms with E-state index >= 15 is 0 Å². The maximum Gasteiger partial charge on any atom is 0.408 e. The molecule has 0 heterocycles. The summed E-state index contributed by atoms with van der Waals surface area (Å²) in [5, 5.41) is 7.98. The van der Waals surface area contributed by atoms with Gasteiger partial charge in [0.15, 0.2) is 0 Å². The van der Waals surface area contributed by atoms with E-state index in [2.05, 4.69) is 24.5 Å². The number of anilines is 1. The zero-order valence-corrected chi connectivity index (χ0v) is 25.2. The molecule has 1 aliphatic carbocycles. The van der Waals surface area contributed by atoms with E-state index in [1.54, 1.807) is 25.7 Å². The lowest BCUT2D eigenvalue weighted by molar-refractivity contribution is -0.142. The molecule has 7 heteroatoms. The van der Waals surface area contributed by atoms with Gasteiger partial charge >= 0.3 is 6.09 Å². The van der Waals surface area contributed by atoms with Gasteiger partial charge in [-0.1, -0.05) is 82.3 Å². The van der Waals surface area contributed by atoms with Crippen molar-refractivity contribution in [2.24, 2.45) is 11.8 Å². The SMILES string of the molecule is CCc1ccc(C(C(=O)Nc2ccc3ccccc3c2)N(C(=O)C(NC(=O)OC(C)(C)C)C(C)C)C2CC2C)cc1. The number of benzene rings is 3. The number of alkyl carbamates (subject to hydrolysis) is 1. The third-order valence-electron chi connectivity index (χ3n) is 7.53. The van der Waals surface area contributed by atoms with Crippen molar-refractivity contribution >= 4 is 34.4 Å². The Hall–Kier alpha value is -3.87. The van der Waals surface area contributed by atoms with E-state index in [-0.39, 0.29) is 29.7 Å². The van der Waals surface area contributed by atoms with E-state index in [0.29, 0.717) is 5.69 Å². The second-order valence-corrected chi connectivity index (χ2v) is 12.4. The Kier molecular flexibility index (Phi) is 9.05. The first-order chi connectivity index (χ1) is 19.4. The first kappa shape index (κ1) is 30.1. The molecule has 3 amide bonds. The molecule has 1 fully saturated rings. The second kappa shape index (κ2) is 12.3. The van der Waals surface area contributed by atoms with E-state index in [4.69, 9.17) is 4.74 Å². The van der Waals surface area contributed by atoms with Crippen LogP contribution in [0.4, 0.5) is 10.5 Å². The fourth-order valence-electron chi connectivity index (χ4n) is 5.13. The number of fused-ring (bicyclic) bond motifs is 1. The van der Waals surface area contributed by atoms with Gasteiger partial charge in [0.1, 0.15) is 17.7 Å². The number of carbonyl (C=O) groups is 3. The Labute approximate surface area is 243 Å². The minimum atomic E-state index is -0.878. The number of ether oxygens (including phenoxy) is 1. The number of hydrogen-bond acceptors (Lipinski definition) is 4. The molecule has 2 N–H and O–H groups in total. The quantitative estimate of drug-likeness (QED) is 0.301. The van der Waals surface area contributed by atoms with Gasteiger partial charge in [0.05, 0.1) is 0 Å². The van der Waals surface area contributed by atoms with Gasteiger partial charge in [0, 0.05) is 11.7 Å². The molecule has 3 aromatic rings. The predicted octanol–water partition coefficient (Wildman–Crippen LogP) is 6.87. The van der Waals surface area contributed by atoms with Crippen molar-refractivity contribution in [3.8, 4) is 0 Å². The Bertz CT molecular complexity index is 1390. The highest BCUT2D eigenvalue weighted by Crippen LogP contribution is 2.41. The number of aryl methyl sites for hydroxylation is 1. The highest BCUT2D eigenvalue weighted by atomic mass is 16.6. The largest absolute Gasteiger partial charge is 0.444 e. The zero-order chi connectivity index (χ0) is 29.9. The number of nitrogens with zero attached hydrogens (tertiary/aromatic N) is 1. The fraction of sp³-hybridized carbons (Fsp3) is 0.441. The first-order valence-electron chi connectivity index (χ1n) is 14.6. The van der Waals surface area contributed by atoms with E-state index < -0.39 is 23.8 Å². The fourth-order valence-corrected chi connectivity index (χ4v) is 5.13. The van der Waals surface area contributed by atoms with Crippen LogP contribution in [0, 0.1) is 11.8 Å². The van der Waals surface area contributed by atoms with Crippen molar-refractivity contribution in [1.29, 1.82) is 0 Å². The molecule has 7 nitrogen and oxygen atoms in total. The van der Waals surface area contributed by atoms with E-state index in [9.17, 15) is 14.4 Å². The topological polar surface area (TPSA) is 87.7 Å². The summed E-state index contributed by atoms with van der Waals surface area (Å²) in [6.45, 7) is 13.3. The van der Waals surface area contributed by atoms with Gasteiger partial charge in [-0.2, -0.15) is 0 Å². The van der Waals surface area contributed by atoms with Crippen LogP contribution in [-0.4, -0.2) is 40.5 Å². The molecule has 0 aliphatic heterocycles. The van der Waals surface area contributed by atoms with Crippen molar-refractivity contribution in [1.82, 2.24) is 10.2 Å². The van der Waals surface area contributed by atoms with Gasteiger partial charge in [0.2, 0.25) is 5.91 Å². The number of amides is 3. The molecule has 1 aliphatic rings. The molecule has 4 unspecified atom stereocenters. The molecule has 0 saturated heterocycles. The number of rotatable bonds is 9. The molecule has 3 aromatic carbocycles. The first-order valence-corrected chi connectivity index (χ1v) is 14.6. The Balaban J connectivity index is 1.72. The van der Waals surface area contributed by atoms with Gasteiger partial charge in [-0.25, -0.2) is 4.79 Å². The minimum Gasteiger partial charge on any atom is -0.444 e. The molecule has 0 radical (unpaired) electrons. The molecule has 0 spiro atoms. The van der Waals surface area contributed by atoms with Gasteiger partial charge in [-0.3, -0.25) is 9.59 Å². The number of carbonyl (C=O) groups excluding carboxylic acids is 3. The van der Waals surface area contributed by atoms with E-state index in [1.165, 1.54) is 0 Å². The van der Waals surface area contributed by atoms with E-state index in [0.717, 1.165) is 34.7 Å². The molecule has 0 aromatic heterocycles. The van der Waals surface area contributed by atoms with Crippen LogP contribution in [0.3, 0.4) is 0 Å². The van der Waals surface area contributed by atoms with Crippen LogP contribution in [0.5, 0.6) is 0 Å².